The van der Waals surface area contributed by atoms with Crippen LogP contribution in [0.2, 0.25) is 0 Å². The van der Waals surface area contributed by atoms with Gasteiger partial charge >= 0.3 is 0 Å². The summed E-state index contributed by atoms with van der Waals surface area (Å²) in [6.07, 6.45) is 7.88. The van der Waals surface area contributed by atoms with E-state index < -0.39 is 0 Å². The Morgan fingerprint density at radius 3 is 2.59 bits per heavy atom. The second-order valence-electron chi connectivity index (χ2n) is 4.53. The Morgan fingerprint density at radius 1 is 1.18 bits per heavy atom. The molecule has 98 valence electrons. The standard InChI is InChI=1S/C14H24BrNS/c1-3-9-16-10-7-5-4-6-8-13-11-14(15)12(2)17-13/h11,16H,3-10H2,1-2H3. The third-order valence-electron chi connectivity index (χ3n) is 2.86. The molecule has 3 heteroatoms. The lowest BCUT2D eigenvalue weighted by molar-refractivity contribution is 0.585. The summed E-state index contributed by atoms with van der Waals surface area (Å²) in [5, 5.41) is 3.45. The van der Waals surface area contributed by atoms with Gasteiger partial charge in [-0.05, 0) is 67.7 Å². The summed E-state index contributed by atoms with van der Waals surface area (Å²) in [7, 11) is 0. The van der Waals surface area contributed by atoms with E-state index in [0.29, 0.717) is 0 Å². The third-order valence-corrected chi connectivity index (χ3v) is 5.06. The van der Waals surface area contributed by atoms with E-state index in [-0.39, 0.29) is 0 Å². The summed E-state index contributed by atoms with van der Waals surface area (Å²) in [6, 6.07) is 2.28. The average Bonchev–Trinajstić information content (AvgIpc) is 2.62. The molecule has 0 saturated carbocycles. The van der Waals surface area contributed by atoms with Crippen LogP contribution in [0.1, 0.15) is 48.8 Å². The summed E-state index contributed by atoms with van der Waals surface area (Å²) >= 11 is 5.51. The number of thiophene rings is 1. The molecule has 1 rings (SSSR count). The van der Waals surface area contributed by atoms with Crippen molar-refractivity contribution in [2.24, 2.45) is 0 Å². The highest BCUT2D eigenvalue weighted by atomic mass is 79.9. The van der Waals surface area contributed by atoms with E-state index in [2.05, 4.69) is 41.2 Å². The molecule has 0 saturated heterocycles. The zero-order valence-corrected chi connectivity index (χ0v) is 13.4. The van der Waals surface area contributed by atoms with Crippen molar-refractivity contribution in [3.8, 4) is 0 Å². The summed E-state index contributed by atoms with van der Waals surface area (Å²) in [4.78, 5) is 2.93. The van der Waals surface area contributed by atoms with E-state index >= 15 is 0 Å². The Morgan fingerprint density at radius 2 is 1.94 bits per heavy atom. The van der Waals surface area contributed by atoms with Crippen LogP contribution in [0.15, 0.2) is 10.5 Å². The molecule has 0 aromatic carbocycles. The maximum absolute atomic E-state index is 3.58. The monoisotopic (exact) mass is 317 g/mol. The number of rotatable bonds is 9. The Labute approximate surface area is 118 Å². The Kier molecular flexibility index (Phi) is 8.15. The van der Waals surface area contributed by atoms with E-state index in [1.165, 1.54) is 65.8 Å². The van der Waals surface area contributed by atoms with Crippen LogP contribution in [0.5, 0.6) is 0 Å². The maximum atomic E-state index is 3.58. The molecular formula is C14H24BrNS. The second kappa shape index (κ2) is 9.12. The SMILES string of the molecule is CCCNCCCCCCc1cc(Br)c(C)s1. The average molecular weight is 318 g/mol. The molecule has 0 atom stereocenters. The number of unbranched alkanes of at least 4 members (excludes halogenated alkanes) is 3. The van der Waals surface area contributed by atoms with Crippen molar-refractivity contribution in [2.75, 3.05) is 13.1 Å². The lowest BCUT2D eigenvalue weighted by Crippen LogP contribution is -2.15. The molecule has 0 aliphatic heterocycles. The Bertz CT molecular complexity index is 290. The quantitative estimate of drug-likeness (QED) is 0.637. The van der Waals surface area contributed by atoms with Gasteiger partial charge in [0.25, 0.3) is 0 Å². The topological polar surface area (TPSA) is 12.0 Å². The first-order valence-electron chi connectivity index (χ1n) is 6.69. The normalized spacial score (nSPS) is 11.0. The van der Waals surface area contributed by atoms with E-state index in [4.69, 9.17) is 0 Å². The summed E-state index contributed by atoms with van der Waals surface area (Å²) in [5.41, 5.74) is 0. The highest BCUT2D eigenvalue weighted by molar-refractivity contribution is 9.10. The smallest absolute Gasteiger partial charge is 0.0314 e. The minimum absolute atomic E-state index is 1.17. The number of hydrogen-bond acceptors (Lipinski definition) is 2. The van der Waals surface area contributed by atoms with E-state index in [0.717, 1.165) is 0 Å². The Hall–Kier alpha value is 0.140. The molecule has 0 spiro atoms. The van der Waals surface area contributed by atoms with Gasteiger partial charge in [0.1, 0.15) is 0 Å². The molecule has 1 aromatic rings. The summed E-state index contributed by atoms with van der Waals surface area (Å²) in [5.74, 6) is 0. The minimum Gasteiger partial charge on any atom is -0.317 e. The van der Waals surface area contributed by atoms with Gasteiger partial charge in [-0.25, -0.2) is 0 Å². The lowest BCUT2D eigenvalue weighted by Gasteiger charge is -2.02. The van der Waals surface area contributed by atoms with Crippen molar-refractivity contribution in [3.05, 3.63) is 20.3 Å². The molecule has 0 amide bonds. The van der Waals surface area contributed by atoms with E-state index in [1.54, 1.807) is 0 Å². The van der Waals surface area contributed by atoms with E-state index in [9.17, 15) is 0 Å². The first-order valence-corrected chi connectivity index (χ1v) is 8.30. The van der Waals surface area contributed by atoms with Crippen molar-refractivity contribution >= 4 is 27.3 Å². The number of halogens is 1. The fourth-order valence-electron chi connectivity index (χ4n) is 1.85. The van der Waals surface area contributed by atoms with Gasteiger partial charge in [0.2, 0.25) is 0 Å². The first kappa shape index (κ1) is 15.2. The van der Waals surface area contributed by atoms with Crippen molar-refractivity contribution < 1.29 is 0 Å². The van der Waals surface area contributed by atoms with Gasteiger partial charge in [-0.15, -0.1) is 11.3 Å². The van der Waals surface area contributed by atoms with Gasteiger partial charge in [0, 0.05) is 14.2 Å². The van der Waals surface area contributed by atoms with Crippen LogP contribution >= 0.6 is 27.3 Å². The molecule has 17 heavy (non-hydrogen) atoms. The number of hydrogen-bond donors (Lipinski definition) is 1. The van der Waals surface area contributed by atoms with Crippen LogP contribution in [-0.4, -0.2) is 13.1 Å². The zero-order valence-electron chi connectivity index (χ0n) is 11.0. The van der Waals surface area contributed by atoms with Gasteiger partial charge in [-0.3, -0.25) is 0 Å². The number of nitrogens with one attached hydrogen (secondary N) is 1. The molecule has 0 bridgehead atoms. The maximum Gasteiger partial charge on any atom is 0.0314 e. The first-order chi connectivity index (χ1) is 8.24. The van der Waals surface area contributed by atoms with Gasteiger partial charge in [-0.2, -0.15) is 0 Å². The highest BCUT2D eigenvalue weighted by Crippen LogP contribution is 2.27. The van der Waals surface area contributed by atoms with Crippen molar-refractivity contribution in [1.82, 2.24) is 5.32 Å². The van der Waals surface area contributed by atoms with Gasteiger partial charge in [0.05, 0.1) is 0 Å². The van der Waals surface area contributed by atoms with Crippen molar-refractivity contribution in [3.63, 3.8) is 0 Å². The summed E-state index contributed by atoms with van der Waals surface area (Å²) < 4.78 is 1.28. The van der Waals surface area contributed by atoms with Crippen LogP contribution in [0.4, 0.5) is 0 Å². The molecule has 1 heterocycles. The van der Waals surface area contributed by atoms with Crippen LogP contribution in [0.3, 0.4) is 0 Å². The molecular weight excluding hydrogens is 294 g/mol. The van der Waals surface area contributed by atoms with Gasteiger partial charge in [-0.1, -0.05) is 19.8 Å². The molecule has 1 aromatic heterocycles. The highest BCUT2D eigenvalue weighted by Gasteiger charge is 2.02. The molecule has 0 aliphatic rings. The van der Waals surface area contributed by atoms with Crippen LogP contribution in [-0.2, 0) is 6.42 Å². The predicted octanol–water partition coefficient (Wildman–Crippen LogP) is 4.92. The minimum atomic E-state index is 1.17. The van der Waals surface area contributed by atoms with Gasteiger partial charge < -0.3 is 5.32 Å². The Balaban J connectivity index is 1.97. The van der Waals surface area contributed by atoms with Crippen molar-refractivity contribution in [2.45, 2.75) is 52.4 Å². The molecule has 0 fully saturated rings. The molecule has 1 nitrogen and oxygen atoms in total. The van der Waals surface area contributed by atoms with Crippen molar-refractivity contribution in [1.29, 1.82) is 0 Å². The largest absolute Gasteiger partial charge is 0.317 e. The fourth-order valence-corrected chi connectivity index (χ4v) is 3.49. The molecule has 0 aliphatic carbocycles. The zero-order chi connectivity index (χ0) is 12.5. The predicted molar refractivity (Wildman–Crippen MR) is 82.1 cm³/mol. The lowest BCUT2D eigenvalue weighted by atomic mass is 10.1. The number of aryl methyl sites for hydroxylation is 2. The van der Waals surface area contributed by atoms with Crippen LogP contribution in [0, 0.1) is 6.92 Å². The molecule has 0 unspecified atom stereocenters. The molecule has 0 radical (unpaired) electrons. The molecule has 1 N–H and O–H groups in total. The van der Waals surface area contributed by atoms with Crippen LogP contribution < -0.4 is 5.32 Å². The fraction of sp³-hybridized carbons (Fsp3) is 0.714. The van der Waals surface area contributed by atoms with Crippen LogP contribution in [0.25, 0.3) is 0 Å². The summed E-state index contributed by atoms with van der Waals surface area (Å²) in [6.45, 7) is 6.76. The van der Waals surface area contributed by atoms with E-state index in [1.807, 2.05) is 11.3 Å². The third kappa shape index (κ3) is 6.58. The van der Waals surface area contributed by atoms with Gasteiger partial charge in [0.15, 0.2) is 0 Å². The second-order valence-corrected chi connectivity index (χ2v) is 6.73.